The molecule has 1 aliphatic heterocycles. The maximum absolute atomic E-state index is 4.52. The zero-order chi connectivity index (χ0) is 17.3. The molecule has 1 aromatic carbocycles. The van der Waals surface area contributed by atoms with Gasteiger partial charge in [0, 0.05) is 55.0 Å². The van der Waals surface area contributed by atoms with Gasteiger partial charge in [-0.05, 0) is 24.3 Å². The van der Waals surface area contributed by atoms with Gasteiger partial charge in [0.05, 0.1) is 17.2 Å². The average molecular weight is 343 g/mol. The van der Waals surface area contributed by atoms with Crippen molar-refractivity contribution in [3.8, 4) is 0 Å². The molecule has 7 heteroatoms. The van der Waals surface area contributed by atoms with Gasteiger partial charge in [-0.25, -0.2) is 19.9 Å². The predicted molar refractivity (Wildman–Crippen MR) is 101 cm³/mol. The van der Waals surface area contributed by atoms with Crippen molar-refractivity contribution in [2.45, 2.75) is 0 Å². The van der Waals surface area contributed by atoms with Crippen LogP contribution in [0, 0.1) is 0 Å². The SMILES string of the molecule is c1cc2c(N3CCN(c4ccc5ncncc5c4)CC3)ncnc2cn1. The maximum atomic E-state index is 4.52. The Morgan fingerprint density at radius 3 is 2.50 bits per heavy atom. The minimum atomic E-state index is 0.884. The van der Waals surface area contributed by atoms with Crippen molar-refractivity contribution < 1.29 is 0 Å². The number of rotatable bonds is 2. The van der Waals surface area contributed by atoms with E-state index in [1.807, 2.05) is 12.3 Å². The molecule has 0 bridgehead atoms. The van der Waals surface area contributed by atoms with Crippen molar-refractivity contribution in [3.63, 3.8) is 0 Å². The molecule has 26 heavy (non-hydrogen) atoms. The minimum absolute atomic E-state index is 0.884. The first-order chi connectivity index (χ1) is 12.9. The summed E-state index contributed by atoms with van der Waals surface area (Å²) in [5.41, 5.74) is 3.07. The van der Waals surface area contributed by atoms with Crippen LogP contribution in [0.4, 0.5) is 11.5 Å². The fourth-order valence-corrected chi connectivity index (χ4v) is 3.49. The van der Waals surface area contributed by atoms with E-state index in [1.54, 1.807) is 25.0 Å². The summed E-state index contributed by atoms with van der Waals surface area (Å²) in [5.74, 6) is 0.990. The zero-order valence-corrected chi connectivity index (χ0v) is 14.2. The third-order valence-electron chi connectivity index (χ3n) is 4.85. The van der Waals surface area contributed by atoms with Crippen molar-refractivity contribution in [2.24, 2.45) is 0 Å². The average Bonchev–Trinajstić information content (AvgIpc) is 2.73. The van der Waals surface area contributed by atoms with Crippen LogP contribution < -0.4 is 9.80 Å². The topological polar surface area (TPSA) is 70.9 Å². The lowest BCUT2D eigenvalue weighted by atomic mass is 10.2. The quantitative estimate of drug-likeness (QED) is 0.553. The normalized spacial score (nSPS) is 14.9. The van der Waals surface area contributed by atoms with Gasteiger partial charge in [0.15, 0.2) is 0 Å². The number of anilines is 2. The Hall–Kier alpha value is -3.35. The first-order valence-electron chi connectivity index (χ1n) is 8.63. The number of aromatic nitrogens is 5. The van der Waals surface area contributed by atoms with Crippen LogP contribution in [0.25, 0.3) is 21.8 Å². The second-order valence-corrected chi connectivity index (χ2v) is 6.33. The number of pyridine rings is 1. The summed E-state index contributed by atoms with van der Waals surface area (Å²) in [7, 11) is 0. The van der Waals surface area contributed by atoms with Crippen LogP contribution in [0.2, 0.25) is 0 Å². The molecule has 4 heterocycles. The van der Waals surface area contributed by atoms with E-state index >= 15 is 0 Å². The molecule has 128 valence electrons. The van der Waals surface area contributed by atoms with E-state index in [1.165, 1.54) is 5.69 Å². The second-order valence-electron chi connectivity index (χ2n) is 6.33. The minimum Gasteiger partial charge on any atom is -0.368 e. The van der Waals surface area contributed by atoms with E-state index in [2.05, 4.69) is 52.9 Å². The molecule has 0 radical (unpaired) electrons. The number of fused-ring (bicyclic) bond motifs is 2. The summed E-state index contributed by atoms with van der Waals surface area (Å²) < 4.78 is 0. The molecule has 4 aromatic rings. The fraction of sp³-hybridized carbons (Fsp3) is 0.211. The van der Waals surface area contributed by atoms with E-state index in [9.17, 15) is 0 Å². The molecule has 5 rings (SSSR count). The van der Waals surface area contributed by atoms with Gasteiger partial charge in [0.2, 0.25) is 0 Å². The smallest absolute Gasteiger partial charge is 0.140 e. The van der Waals surface area contributed by atoms with E-state index in [0.29, 0.717) is 0 Å². The first-order valence-corrected chi connectivity index (χ1v) is 8.63. The van der Waals surface area contributed by atoms with Crippen LogP contribution >= 0.6 is 0 Å². The molecule has 7 nitrogen and oxygen atoms in total. The highest BCUT2D eigenvalue weighted by Crippen LogP contribution is 2.25. The number of benzene rings is 1. The third-order valence-corrected chi connectivity index (χ3v) is 4.85. The highest BCUT2D eigenvalue weighted by atomic mass is 15.3. The lowest BCUT2D eigenvalue weighted by molar-refractivity contribution is 0.649. The summed E-state index contributed by atoms with van der Waals surface area (Å²) >= 11 is 0. The predicted octanol–water partition coefficient (Wildman–Crippen LogP) is 2.29. The zero-order valence-electron chi connectivity index (χ0n) is 14.2. The molecule has 0 aliphatic carbocycles. The molecular formula is C19H17N7. The van der Waals surface area contributed by atoms with Gasteiger partial charge in [-0.2, -0.15) is 0 Å². The van der Waals surface area contributed by atoms with Gasteiger partial charge in [-0.1, -0.05) is 0 Å². The largest absolute Gasteiger partial charge is 0.368 e. The fourth-order valence-electron chi connectivity index (χ4n) is 3.49. The molecule has 1 saturated heterocycles. The highest BCUT2D eigenvalue weighted by Gasteiger charge is 2.20. The summed E-state index contributed by atoms with van der Waals surface area (Å²) in [6, 6.07) is 8.34. The lowest BCUT2D eigenvalue weighted by Crippen LogP contribution is -2.46. The van der Waals surface area contributed by atoms with Gasteiger partial charge >= 0.3 is 0 Å². The number of nitrogens with zero attached hydrogens (tertiary/aromatic N) is 7. The Morgan fingerprint density at radius 1 is 0.731 bits per heavy atom. The van der Waals surface area contributed by atoms with E-state index in [0.717, 1.165) is 53.8 Å². The molecule has 0 spiro atoms. The van der Waals surface area contributed by atoms with Gasteiger partial charge in [0.1, 0.15) is 18.5 Å². The number of hydrogen-bond donors (Lipinski definition) is 0. The van der Waals surface area contributed by atoms with Crippen LogP contribution in [0.5, 0.6) is 0 Å². The van der Waals surface area contributed by atoms with Crippen molar-refractivity contribution in [1.82, 2.24) is 24.9 Å². The van der Waals surface area contributed by atoms with Gasteiger partial charge in [-0.3, -0.25) is 4.98 Å². The molecule has 0 atom stereocenters. The Kier molecular flexibility index (Phi) is 3.55. The van der Waals surface area contributed by atoms with Crippen LogP contribution in [0.3, 0.4) is 0 Å². The Labute approximate surface area is 150 Å². The van der Waals surface area contributed by atoms with Gasteiger partial charge in [0.25, 0.3) is 0 Å². The Balaban J connectivity index is 1.38. The van der Waals surface area contributed by atoms with Crippen molar-refractivity contribution >= 4 is 33.3 Å². The molecule has 1 fully saturated rings. The highest BCUT2D eigenvalue weighted by molar-refractivity contribution is 5.88. The summed E-state index contributed by atoms with van der Waals surface area (Å²) in [6.07, 6.45) is 8.65. The molecule has 0 N–H and O–H groups in total. The van der Waals surface area contributed by atoms with Gasteiger partial charge < -0.3 is 9.80 Å². The molecule has 1 aliphatic rings. The standard InChI is InChI=1S/C19H17N7/c1-2-17-14(10-21-12-22-17)9-15(1)25-5-7-26(8-6-25)19-16-3-4-20-11-18(16)23-13-24-19/h1-4,9-13H,5-8H2. The summed E-state index contributed by atoms with van der Waals surface area (Å²) in [5, 5.41) is 2.13. The van der Waals surface area contributed by atoms with E-state index in [4.69, 9.17) is 0 Å². The van der Waals surface area contributed by atoms with Crippen LogP contribution in [0.1, 0.15) is 0 Å². The van der Waals surface area contributed by atoms with E-state index in [-0.39, 0.29) is 0 Å². The summed E-state index contributed by atoms with van der Waals surface area (Å²) in [4.78, 5) is 26.1. The lowest BCUT2D eigenvalue weighted by Gasteiger charge is -2.37. The van der Waals surface area contributed by atoms with Crippen molar-refractivity contribution in [1.29, 1.82) is 0 Å². The Bertz CT molecular complexity index is 1070. The van der Waals surface area contributed by atoms with Crippen LogP contribution in [0.15, 0.2) is 55.5 Å². The molecule has 0 amide bonds. The first kappa shape index (κ1) is 14.9. The van der Waals surface area contributed by atoms with Crippen LogP contribution in [-0.2, 0) is 0 Å². The third kappa shape index (κ3) is 2.57. The van der Waals surface area contributed by atoms with Gasteiger partial charge in [-0.15, -0.1) is 0 Å². The Morgan fingerprint density at radius 2 is 1.58 bits per heavy atom. The monoisotopic (exact) mass is 343 g/mol. The van der Waals surface area contributed by atoms with Crippen LogP contribution in [-0.4, -0.2) is 51.1 Å². The summed E-state index contributed by atoms with van der Waals surface area (Å²) in [6.45, 7) is 3.71. The van der Waals surface area contributed by atoms with Crippen molar-refractivity contribution in [3.05, 3.63) is 55.5 Å². The number of piperazine rings is 1. The second kappa shape index (κ2) is 6.18. The van der Waals surface area contributed by atoms with Crippen molar-refractivity contribution in [2.75, 3.05) is 36.0 Å². The molecule has 3 aromatic heterocycles. The molecule has 0 unspecified atom stereocenters. The molecular weight excluding hydrogens is 326 g/mol. The molecule has 0 saturated carbocycles. The maximum Gasteiger partial charge on any atom is 0.140 e. The van der Waals surface area contributed by atoms with E-state index < -0.39 is 0 Å². The number of hydrogen-bond acceptors (Lipinski definition) is 7.